The minimum atomic E-state index is 0.0344. The highest BCUT2D eigenvalue weighted by atomic mass is 16.2. The van der Waals surface area contributed by atoms with Crippen LogP contribution in [-0.4, -0.2) is 39.9 Å². The van der Waals surface area contributed by atoms with Gasteiger partial charge in [-0.25, -0.2) is 4.98 Å². The summed E-state index contributed by atoms with van der Waals surface area (Å²) in [5.74, 6) is 0.817. The predicted molar refractivity (Wildman–Crippen MR) is 98.6 cm³/mol. The fourth-order valence-electron chi connectivity index (χ4n) is 3.22. The van der Waals surface area contributed by atoms with Gasteiger partial charge in [0.1, 0.15) is 5.82 Å². The first-order valence-electron chi connectivity index (χ1n) is 8.50. The van der Waals surface area contributed by atoms with Crippen LogP contribution in [0, 0.1) is 11.3 Å². The number of nitrogens with one attached hydrogen (secondary N) is 1. The zero-order valence-electron chi connectivity index (χ0n) is 14.1. The van der Waals surface area contributed by atoms with E-state index in [0.29, 0.717) is 17.7 Å². The van der Waals surface area contributed by atoms with E-state index in [4.69, 9.17) is 5.26 Å². The maximum absolute atomic E-state index is 12.5. The number of amides is 1. The highest BCUT2D eigenvalue weighted by Crippen LogP contribution is 2.20. The van der Waals surface area contributed by atoms with E-state index in [-0.39, 0.29) is 11.9 Å². The molecule has 1 N–H and O–H groups in total. The average Bonchev–Trinajstić information content (AvgIpc) is 3.16. The van der Waals surface area contributed by atoms with Gasteiger partial charge in [-0.15, -0.1) is 0 Å². The molecule has 2 aromatic heterocycles. The second kappa shape index (κ2) is 6.81. The quantitative estimate of drug-likeness (QED) is 0.791. The number of nitriles is 1. The van der Waals surface area contributed by atoms with Crippen molar-refractivity contribution in [1.29, 1.82) is 5.26 Å². The molecule has 1 saturated heterocycles. The molecular weight excluding hydrogens is 326 g/mol. The van der Waals surface area contributed by atoms with Crippen molar-refractivity contribution in [3.8, 4) is 6.07 Å². The van der Waals surface area contributed by atoms with Crippen LogP contribution in [0.3, 0.4) is 0 Å². The lowest BCUT2D eigenvalue weighted by atomic mass is 10.1. The fraction of sp³-hybridized carbons (Fsp3) is 0.200. The molecule has 6 nitrogen and oxygen atoms in total. The summed E-state index contributed by atoms with van der Waals surface area (Å²) in [6.45, 7) is 1.37. The van der Waals surface area contributed by atoms with Crippen LogP contribution in [0.2, 0.25) is 0 Å². The van der Waals surface area contributed by atoms with Gasteiger partial charge in [-0.3, -0.25) is 9.78 Å². The van der Waals surface area contributed by atoms with Gasteiger partial charge in [0.05, 0.1) is 17.1 Å². The van der Waals surface area contributed by atoms with Gasteiger partial charge >= 0.3 is 0 Å². The molecule has 0 aliphatic carbocycles. The third kappa shape index (κ3) is 3.20. The number of pyridine rings is 2. The van der Waals surface area contributed by atoms with Crippen LogP contribution < -0.4 is 5.32 Å². The standard InChI is InChI=1S/C20H17N5O/c21-12-14-1-3-18-16(11-14)2-4-19(24-18)23-17-7-10-25(13-17)20(26)15-5-8-22-9-6-15/h1-6,8-9,11,17H,7,10,13H2,(H,23,24). The molecule has 1 aliphatic rings. The van der Waals surface area contributed by atoms with Gasteiger partial charge in [-0.1, -0.05) is 0 Å². The van der Waals surface area contributed by atoms with E-state index in [2.05, 4.69) is 21.4 Å². The van der Waals surface area contributed by atoms with Gasteiger partial charge in [-0.2, -0.15) is 5.26 Å². The second-order valence-corrected chi connectivity index (χ2v) is 6.33. The lowest BCUT2D eigenvalue weighted by Crippen LogP contribution is -2.31. The zero-order valence-corrected chi connectivity index (χ0v) is 14.1. The summed E-state index contributed by atoms with van der Waals surface area (Å²) in [5.41, 5.74) is 2.13. The number of hydrogen-bond donors (Lipinski definition) is 1. The third-order valence-electron chi connectivity index (χ3n) is 4.57. The molecule has 1 aliphatic heterocycles. The molecule has 0 saturated carbocycles. The summed E-state index contributed by atoms with van der Waals surface area (Å²) >= 11 is 0. The molecule has 26 heavy (non-hydrogen) atoms. The highest BCUT2D eigenvalue weighted by molar-refractivity contribution is 5.94. The van der Waals surface area contributed by atoms with E-state index in [1.807, 2.05) is 29.2 Å². The van der Waals surface area contributed by atoms with Crippen LogP contribution in [0.15, 0.2) is 54.9 Å². The molecule has 1 amide bonds. The van der Waals surface area contributed by atoms with E-state index in [0.717, 1.165) is 29.7 Å². The number of anilines is 1. The normalized spacial score (nSPS) is 16.4. The maximum Gasteiger partial charge on any atom is 0.254 e. The van der Waals surface area contributed by atoms with Crippen molar-refractivity contribution in [1.82, 2.24) is 14.9 Å². The van der Waals surface area contributed by atoms with E-state index in [1.165, 1.54) is 0 Å². The summed E-state index contributed by atoms with van der Waals surface area (Å²) in [6, 6.07) is 15.1. The molecule has 1 unspecified atom stereocenters. The minimum absolute atomic E-state index is 0.0344. The summed E-state index contributed by atoms with van der Waals surface area (Å²) in [6.07, 6.45) is 4.15. The van der Waals surface area contributed by atoms with Crippen LogP contribution in [0.25, 0.3) is 10.9 Å². The number of rotatable bonds is 3. The van der Waals surface area contributed by atoms with E-state index in [9.17, 15) is 4.79 Å². The molecule has 1 atom stereocenters. The molecule has 0 radical (unpaired) electrons. The van der Waals surface area contributed by atoms with Crippen molar-refractivity contribution >= 4 is 22.6 Å². The number of aromatic nitrogens is 2. The number of nitrogens with zero attached hydrogens (tertiary/aromatic N) is 4. The largest absolute Gasteiger partial charge is 0.365 e. The van der Waals surface area contributed by atoms with E-state index >= 15 is 0 Å². The van der Waals surface area contributed by atoms with Crippen LogP contribution in [0.1, 0.15) is 22.3 Å². The maximum atomic E-state index is 12.5. The van der Waals surface area contributed by atoms with Crippen molar-refractivity contribution in [2.24, 2.45) is 0 Å². The van der Waals surface area contributed by atoms with Crippen LogP contribution in [0.4, 0.5) is 5.82 Å². The number of benzene rings is 1. The second-order valence-electron chi connectivity index (χ2n) is 6.33. The first-order valence-corrected chi connectivity index (χ1v) is 8.50. The third-order valence-corrected chi connectivity index (χ3v) is 4.57. The molecule has 1 fully saturated rings. The first kappa shape index (κ1) is 16.0. The average molecular weight is 343 g/mol. The Bertz CT molecular complexity index is 996. The zero-order chi connectivity index (χ0) is 17.9. The van der Waals surface area contributed by atoms with Gasteiger partial charge in [0, 0.05) is 42.5 Å². The van der Waals surface area contributed by atoms with E-state index in [1.54, 1.807) is 30.6 Å². The summed E-state index contributed by atoms with van der Waals surface area (Å²) in [4.78, 5) is 22.9. The fourth-order valence-corrected chi connectivity index (χ4v) is 3.22. The lowest BCUT2D eigenvalue weighted by Gasteiger charge is -2.17. The minimum Gasteiger partial charge on any atom is -0.365 e. The predicted octanol–water partition coefficient (Wildman–Crippen LogP) is 2.83. The van der Waals surface area contributed by atoms with Crippen LogP contribution >= 0.6 is 0 Å². The molecule has 3 heterocycles. The molecule has 0 bridgehead atoms. The number of carbonyl (C=O) groups is 1. The number of likely N-dealkylation sites (tertiary alicyclic amines) is 1. The van der Waals surface area contributed by atoms with Crippen LogP contribution in [0.5, 0.6) is 0 Å². The molecule has 6 heteroatoms. The molecule has 0 spiro atoms. The van der Waals surface area contributed by atoms with Crippen LogP contribution in [-0.2, 0) is 0 Å². The topological polar surface area (TPSA) is 81.9 Å². The Hall–Kier alpha value is -3.46. The van der Waals surface area contributed by atoms with Crippen molar-refractivity contribution in [2.45, 2.75) is 12.5 Å². The van der Waals surface area contributed by atoms with Crippen molar-refractivity contribution in [2.75, 3.05) is 18.4 Å². The number of hydrogen-bond acceptors (Lipinski definition) is 5. The molecular formula is C20H17N5O. The number of carbonyl (C=O) groups excluding carboxylic acids is 1. The van der Waals surface area contributed by atoms with Crippen molar-refractivity contribution in [3.63, 3.8) is 0 Å². The lowest BCUT2D eigenvalue weighted by molar-refractivity contribution is 0.0791. The first-order chi connectivity index (χ1) is 12.7. The Kier molecular flexibility index (Phi) is 4.20. The number of fused-ring (bicyclic) bond motifs is 1. The van der Waals surface area contributed by atoms with Gasteiger partial charge in [0.15, 0.2) is 0 Å². The Morgan fingerprint density at radius 1 is 1.19 bits per heavy atom. The molecule has 3 aromatic rings. The van der Waals surface area contributed by atoms with Gasteiger partial charge in [-0.05, 0) is 48.9 Å². The summed E-state index contributed by atoms with van der Waals surface area (Å²) in [5, 5.41) is 13.3. The Morgan fingerprint density at radius 3 is 2.85 bits per heavy atom. The van der Waals surface area contributed by atoms with Gasteiger partial charge in [0.25, 0.3) is 5.91 Å². The SMILES string of the molecule is N#Cc1ccc2nc(NC3CCN(C(=O)c4ccncc4)C3)ccc2c1. The summed E-state index contributed by atoms with van der Waals surface area (Å²) in [7, 11) is 0. The highest BCUT2D eigenvalue weighted by Gasteiger charge is 2.27. The Labute approximate surface area is 151 Å². The van der Waals surface area contributed by atoms with Crippen molar-refractivity contribution in [3.05, 3.63) is 66.0 Å². The monoisotopic (exact) mass is 343 g/mol. The molecule has 4 rings (SSSR count). The Morgan fingerprint density at radius 2 is 2.04 bits per heavy atom. The smallest absolute Gasteiger partial charge is 0.254 e. The molecule has 1 aromatic carbocycles. The van der Waals surface area contributed by atoms with Gasteiger partial charge < -0.3 is 10.2 Å². The van der Waals surface area contributed by atoms with Crippen molar-refractivity contribution < 1.29 is 4.79 Å². The molecule has 128 valence electrons. The summed E-state index contributed by atoms with van der Waals surface area (Å²) < 4.78 is 0. The van der Waals surface area contributed by atoms with Gasteiger partial charge in [0.2, 0.25) is 0 Å². The Balaban J connectivity index is 1.44. The van der Waals surface area contributed by atoms with E-state index < -0.39 is 0 Å².